The summed E-state index contributed by atoms with van der Waals surface area (Å²) in [6.07, 6.45) is 10.9. The van der Waals surface area contributed by atoms with Crippen LogP contribution in [-0.4, -0.2) is 26.3 Å². The van der Waals surface area contributed by atoms with Crippen molar-refractivity contribution in [3.63, 3.8) is 0 Å². The zero-order chi connectivity index (χ0) is 15.8. The Bertz CT molecular complexity index is 762. The van der Waals surface area contributed by atoms with Gasteiger partial charge in [-0.3, -0.25) is 4.79 Å². The monoisotopic (exact) mass is 333 g/mol. The van der Waals surface area contributed by atoms with Gasteiger partial charge in [-0.1, -0.05) is 30.9 Å². The predicted octanol–water partition coefficient (Wildman–Crippen LogP) is 2.69. The van der Waals surface area contributed by atoms with E-state index in [0.29, 0.717) is 11.7 Å². The average Bonchev–Trinajstić information content (AvgIpc) is 3.01. The summed E-state index contributed by atoms with van der Waals surface area (Å²) in [5, 5.41) is 6.48. The highest BCUT2D eigenvalue weighted by Crippen LogP contribution is 2.33. The molecule has 2 aromatic heterocycles. The fourth-order valence-electron chi connectivity index (χ4n) is 3.78. The van der Waals surface area contributed by atoms with Gasteiger partial charge in [0.1, 0.15) is 5.02 Å². The minimum absolute atomic E-state index is 0.215. The molecule has 0 radical (unpaired) electrons. The molecule has 0 bridgehead atoms. The van der Waals surface area contributed by atoms with Crippen LogP contribution in [-0.2, 0) is 13.0 Å². The van der Waals surface area contributed by atoms with Crippen molar-refractivity contribution in [2.45, 2.75) is 51.1 Å². The van der Waals surface area contributed by atoms with Crippen LogP contribution in [0.4, 0.5) is 5.69 Å². The second-order valence-electron chi connectivity index (χ2n) is 6.41. The van der Waals surface area contributed by atoms with E-state index in [4.69, 9.17) is 11.6 Å². The maximum absolute atomic E-state index is 11.7. The third-order valence-corrected chi connectivity index (χ3v) is 5.39. The Hall–Kier alpha value is -1.82. The van der Waals surface area contributed by atoms with Crippen molar-refractivity contribution in [2.75, 3.05) is 11.4 Å². The number of rotatable bonds is 2. The van der Waals surface area contributed by atoms with Gasteiger partial charge in [-0.25, -0.2) is 10.1 Å². The Morgan fingerprint density at radius 2 is 2.09 bits per heavy atom. The van der Waals surface area contributed by atoms with Crippen LogP contribution in [0.3, 0.4) is 0 Å². The van der Waals surface area contributed by atoms with Gasteiger partial charge in [-0.15, -0.1) is 0 Å². The van der Waals surface area contributed by atoms with Crippen molar-refractivity contribution in [3.8, 4) is 0 Å². The summed E-state index contributed by atoms with van der Waals surface area (Å²) in [5.74, 6) is 0. The van der Waals surface area contributed by atoms with E-state index in [0.717, 1.165) is 19.5 Å². The van der Waals surface area contributed by atoms with Crippen molar-refractivity contribution in [2.24, 2.45) is 0 Å². The molecule has 1 N–H and O–H groups in total. The van der Waals surface area contributed by atoms with Crippen molar-refractivity contribution in [1.82, 2.24) is 19.7 Å². The molecule has 0 unspecified atom stereocenters. The van der Waals surface area contributed by atoms with E-state index in [-0.39, 0.29) is 10.6 Å². The van der Waals surface area contributed by atoms with Gasteiger partial charge in [-0.2, -0.15) is 5.10 Å². The molecule has 0 aromatic carbocycles. The molecular formula is C16H20ClN5O. The summed E-state index contributed by atoms with van der Waals surface area (Å²) >= 11 is 6.17. The van der Waals surface area contributed by atoms with Crippen LogP contribution >= 0.6 is 11.6 Å². The van der Waals surface area contributed by atoms with Crippen LogP contribution in [0.5, 0.6) is 0 Å². The van der Waals surface area contributed by atoms with E-state index in [2.05, 4.69) is 24.6 Å². The van der Waals surface area contributed by atoms with Gasteiger partial charge >= 0.3 is 0 Å². The van der Waals surface area contributed by atoms with E-state index < -0.39 is 0 Å². The Balaban J connectivity index is 1.64. The van der Waals surface area contributed by atoms with Crippen LogP contribution in [0.1, 0.15) is 49.5 Å². The van der Waals surface area contributed by atoms with Crippen LogP contribution in [0.25, 0.3) is 0 Å². The normalized spacial score (nSPS) is 18.9. The second kappa shape index (κ2) is 6.00. The number of hydrogen-bond donors (Lipinski definition) is 1. The van der Waals surface area contributed by atoms with E-state index in [1.165, 1.54) is 43.5 Å². The molecule has 6 nitrogen and oxygen atoms in total. The quantitative estimate of drug-likeness (QED) is 0.917. The number of fused-ring (bicyclic) bond motifs is 1. The van der Waals surface area contributed by atoms with Crippen LogP contribution in [0.2, 0.25) is 5.02 Å². The summed E-state index contributed by atoms with van der Waals surface area (Å²) in [4.78, 5) is 18.5. The number of aromatic nitrogens is 4. The molecule has 122 valence electrons. The second-order valence-corrected chi connectivity index (χ2v) is 6.78. The first-order valence-corrected chi connectivity index (χ1v) is 8.64. The lowest BCUT2D eigenvalue weighted by Crippen LogP contribution is -2.33. The Labute approximate surface area is 139 Å². The van der Waals surface area contributed by atoms with Crippen LogP contribution in [0, 0.1) is 0 Å². The van der Waals surface area contributed by atoms with Crippen molar-refractivity contribution in [3.05, 3.63) is 39.3 Å². The molecule has 1 aliphatic carbocycles. The summed E-state index contributed by atoms with van der Waals surface area (Å²) in [5.41, 5.74) is 2.81. The molecule has 2 aromatic rings. The number of nitrogens with zero attached hydrogens (tertiary/aromatic N) is 4. The zero-order valence-electron chi connectivity index (χ0n) is 13.0. The molecule has 2 aliphatic rings. The average molecular weight is 334 g/mol. The minimum Gasteiger partial charge on any atom is -0.363 e. The fourth-order valence-corrected chi connectivity index (χ4v) is 3.99. The number of anilines is 1. The van der Waals surface area contributed by atoms with Gasteiger partial charge in [0.05, 0.1) is 36.1 Å². The minimum atomic E-state index is -0.337. The molecule has 0 atom stereocenters. The number of nitrogens with one attached hydrogen (secondary N) is 1. The fraction of sp³-hybridized carbons (Fsp3) is 0.562. The van der Waals surface area contributed by atoms with Crippen molar-refractivity contribution in [1.29, 1.82) is 0 Å². The maximum Gasteiger partial charge on any atom is 0.285 e. The molecule has 7 heteroatoms. The van der Waals surface area contributed by atoms with Gasteiger partial charge in [0.2, 0.25) is 0 Å². The van der Waals surface area contributed by atoms with Gasteiger partial charge < -0.3 is 9.47 Å². The first-order chi connectivity index (χ1) is 11.2. The Morgan fingerprint density at radius 1 is 1.26 bits per heavy atom. The number of imidazole rings is 1. The third kappa shape index (κ3) is 2.65. The van der Waals surface area contributed by atoms with Crippen LogP contribution in [0.15, 0.2) is 17.3 Å². The van der Waals surface area contributed by atoms with Crippen molar-refractivity contribution < 1.29 is 0 Å². The lowest BCUT2D eigenvalue weighted by atomic mass is 9.95. The summed E-state index contributed by atoms with van der Waals surface area (Å²) in [6.45, 7) is 1.54. The molecule has 0 spiro atoms. The highest BCUT2D eigenvalue weighted by molar-refractivity contribution is 6.32. The largest absolute Gasteiger partial charge is 0.363 e. The van der Waals surface area contributed by atoms with Gasteiger partial charge in [0.25, 0.3) is 5.56 Å². The number of aromatic amines is 1. The van der Waals surface area contributed by atoms with E-state index in [1.807, 2.05) is 6.33 Å². The van der Waals surface area contributed by atoms with Crippen LogP contribution < -0.4 is 10.5 Å². The summed E-state index contributed by atoms with van der Waals surface area (Å²) in [7, 11) is 0. The van der Waals surface area contributed by atoms with E-state index >= 15 is 0 Å². The molecule has 1 saturated carbocycles. The third-order valence-electron chi connectivity index (χ3n) is 5.03. The summed E-state index contributed by atoms with van der Waals surface area (Å²) in [6, 6.07) is 0.563. The van der Waals surface area contributed by atoms with Gasteiger partial charge in [-0.05, 0) is 12.8 Å². The SMILES string of the molecule is O=c1[nH]ncc(N2CCc3ncn(C4CCCCC4)c3C2)c1Cl. The maximum atomic E-state index is 11.7. The zero-order valence-corrected chi connectivity index (χ0v) is 13.7. The topological polar surface area (TPSA) is 66.8 Å². The molecule has 1 fully saturated rings. The molecule has 0 amide bonds. The highest BCUT2D eigenvalue weighted by atomic mass is 35.5. The predicted molar refractivity (Wildman–Crippen MR) is 89.0 cm³/mol. The highest BCUT2D eigenvalue weighted by Gasteiger charge is 2.26. The lowest BCUT2D eigenvalue weighted by molar-refractivity contribution is 0.345. The standard InChI is InChI=1S/C16H20ClN5O/c17-15-13(8-19-20-16(15)23)21-7-6-12-14(9-21)22(10-18-12)11-4-2-1-3-5-11/h8,10-11H,1-7,9H2,(H,20,23). The van der Waals surface area contributed by atoms with Gasteiger partial charge in [0, 0.05) is 19.0 Å². The first-order valence-electron chi connectivity index (χ1n) is 8.27. The van der Waals surface area contributed by atoms with Gasteiger partial charge in [0.15, 0.2) is 0 Å². The number of hydrogen-bond acceptors (Lipinski definition) is 4. The van der Waals surface area contributed by atoms with E-state index in [1.54, 1.807) is 6.20 Å². The number of H-pyrrole nitrogens is 1. The molecule has 23 heavy (non-hydrogen) atoms. The Kier molecular flexibility index (Phi) is 3.85. The smallest absolute Gasteiger partial charge is 0.285 e. The molecule has 3 heterocycles. The lowest BCUT2D eigenvalue weighted by Gasteiger charge is -2.32. The number of halogens is 1. The molecular weight excluding hydrogens is 314 g/mol. The Morgan fingerprint density at radius 3 is 2.91 bits per heavy atom. The summed E-state index contributed by atoms with van der Waals surface area (Å²) < 4.78 is 2.36. The molecule has 4 rings (SSSR count). The first kappa shape index (κ1) is 14.8. The molecule has 1 aliphatic heterocycles. The molecule has 0 saturated heterocycles. The van der Waals surface area contributed by atoms with E-state index in [9.17, 15) is 4.79 Å². The van der Waals surface area contributed by atoms with Crippen molar-refractivity contribution >= 4 is 17.3 Å².